The Balaban J connectivity index is 2.56. The number of hydrogen-bond donors (Lipinski definition) is 1. The van der Waals surface area contributed by atoms with Crippen LogP contribution >= 0.6 is 0 Å². The van der Waals surface area contributed by atoms with E-state index in [1.165, 1.54) is 0 Å². The van der Waals surface area contributed by atoms with Crippen LogP contribution in [-0.4, -0.2) is 33.1 Å². The monoisotopic (exact) mass is 221 g/mol. The standard InChI is InChI=1S/C7H11NO5S/c1-14(11,12)13-7(10)5-2-3-8-6(9)4-5/h5H,2-4H2,1H3,(H,8,9). The van der Waals surface area contributed by atoms with Gasteiger partial charge in [-0.05, 0) is 6.42 Å². The minimum atomic E-state index is -3.77. The molecule has 14 heavy (non-hydrogen) atoms. The Hall–Kier alpha value is -1.11. The van der Waals surface area contributed by atoms with Crippen molar-refractivity contribution < 1.29 is 22.2 Å². The number of nitrogens with one attached hydrogen (secondary N) is 1. The van der Waals surface area contributed by atoms with Crippen LogP contribution in [0.15, 0.2) is 0 Å². The van der Waals surface area contributed by atoms with Gasteiger partial charge in [0, 0.05) is 13.0 Å². The number of amides is 1. The molecule has 0 aromatic heterocycles. The summed E-state index contributed by atoms with van der Waals surface area (Å²) in [7, 11) is -3.77. The lowest BCUT2D eigenvalue weighted by Crippen LogP contribution is -2.37. The van der Waals surface area contributed by atoms with Crippen molar-refractivity contribution in [3.8, 4) is 0 Å². The normalized spacial score (nSPS) is 22.6. The summed E-state index contributed by atoms with van der Waals surface area (Å²) in [4.78, 5) is 22.1. The van der Waals surface area contributed by atoms with Gasteiger partial charge >= 0.3 is 16.1 Å². The molecule has 1 aliphatic heterocycles. The third kappa shape index (κ3) is 3.33. The lowest BCUT2D eigenvalue weighted by molar-refractivity contribution is -0.142. The fraction of sp³-hybridized carbons (Fsp3) is 0.714. The fourth-order valence-electron chi connectivity index (χ4n) is 1.20. The highest BCUT2D eigenvalue weighted by Gasteiger charge is 2.28. The van der Waals surface area contributed by atoms with E-state index in [0.29, 0.717) is 13.0 Å². The van der Waals surface area contributed by atoms with Gasteiger partial charge in [0.15, 0.2) is 0 Å². The van der Waals surface area contributed by atoms with E-state index >= 15 is 0 Å². The SMILES string of the molecule is CS(=O)(=O)OC(=O)C1CCNC(=O)C1. The van der Waals surface area contributed by atoms with Crippen LogP contribution in [0, 0.1) is 5.92 Å². The van der Waals surface area contributed by atoms with E-state index in [1.54, 1.807) is 0 Å². The minimum absolute atomic E-state index is 0.00560. The first kappa shape index (κ1) is 11.0. The Morgan fingerprint density at radius 2 is 2.21 bits per heavy atom. The highest BCUT2D eigenvalue weighted by Crippen LogP contribution is 2.15. The van der Waals surface area contributed by atoms with Crippen molar-refractivity contribution in [2.45, 2.75) is 12.8 Å². The number of piperidine rings is 1. The van der Waals surface area contributed by atoms with E-state index in [-0.39, 0.29) is 12.3 Å². The van der Waals surface area contributed by atoms with Gasteiger partial charge in [-0.15, -0.1) is 0 Å². The van der Waals surface area contributed by atoms with E-state index in [1.807, 2.05) is 0 Å². The van der Waals surface area contributed by atoms with Crippen LogP contribution in [0.3, 0.4) is 0 Å². The molecule has 1 unspecified atom stereocenters. The van der Waals surface area contributed by atoms with E-state index in [0.717, 1.165) is 6.26 Å². The fourth-order valence-corrected chi connectivity index (χ4v) is 1.64. The van der Waals surface area contributed by atoms with E-state index in [9.17, 15) is 18.0 Å². The molecule has 1 amide bonds. The average molecular weight is 221 g/mol. The average Bonchev–Trinajstić information content (AvgIpc) is 2.01. The summed E-state index contributed by atoms with van der Waals surface area (Å²) in [6.45, 7) is 0.377. The molecule has 0 spiro atoms. The number of hydrogen-bond acceptors (Lipinski definition) is 5. The minimum Gasteiger partial charge on any atom is -0.356 e. The number of rotatable bonds is 2. The molecular weight excluding hydrogens is 210 g/mol. The summed E-state index contributed by atoms with van der Waals surface area (Å²) in [5, 5.41) is 2.53. The van der Waals surface area contributed by atoms with Crippen LogP contribution in [0.5, 0.6) is 0 Å². The Kier molecular flexibility index (Phi) is 3.10. The van der Waals surface area contributed by atoms with Gasteiger partial charge in [0.2, 0.25) is 5.91 Å². The zero-order valence-electron chi connectivity index (χ0n) is 7.65. The Morgan fingerprint density at radius 1 is 1.57 bits per heavy atom. The molecule has 0 aliphatic carbocycles. The lowest BCUT2D eigenvalue weighted by atomic mass is 9.98. The maximum atomic E-state index is 11.2. The van der Waals surface area contributed by atoms with Gasteiger partial charge in [-0.3, -0.25) is 9.59 Å². The van der Waals surface area contributed by atoms with Gasteiger partial charge < -0.3 is 9.50 Å². The molecule has 0 aromatic rings. The first-order chi connectivity index (χ1) is 6.38. The second-order valence-electron chi connectivity index (χ2n) is 3.15. The highest BCUT2D eigenvalue weighted by molar-refractivity contribution is 7.86. The molecule has 80 valence electrons. The molecule has 1 atom stereocenters. The predicted octanol–water partition coefficient (Wildman–Crippen LogP) is -0.985. The smallest absolute Gasteiger partial charge is 0.325 e. The van der Waals surface area contributed by atoms with Gasteiger partial charge in [0.25, 0.3) is 0 Å². The molecule has 0 radical (unpaired) electrons. The van der Waals surface area contributed by atoms with Crippen LogP contribution in [0.25, 0.3) is 0 Å². The van der Waals surface area contributed by atoms with Crippen LogP contribution in [-0.2, 0) is 23.9 Å². The van der Waals surface area contributed by atoms with Crippen molar-refractivity contribution in [1.29, 1.82) is 0 Å². The number of carbonyl (C=O) groups is 2. The summed E-state index contributed by atoms with van der Waals surface area (Å²) >= 11 is 0. The maximum Gasteiger partial charge on any atom is 0.325 e. The topological polar surface area (TPSA) is 89.5 Å². The zero-order chi connectivity index (χ0) is 10.8. The van der Waals surface area contributed by atoms with Crippen molar-refractivity contribution >= 4 is 22.0 Å². The molecule has 6 nitrogen and oxygen atoms in total. The van der Waals surface area contributed by atoms with Gasteiger partial charge in [0.05, 0.1) is 12.2 Å². The highest BCUT2D eigenvalue weighted by atomic mass is 32.2. The van der Waals surface area contributed by atoms with Crippen LogP contribution in [0.2, 0.25) is 0 Å². The maximum absolute atomic E-state index is 11.2. The molecule has 0 aromatic carbocycles. The molecule has 1 fully saturated rings. The first-order valence-electron chi connectivity index (χ1n) is 4.08. The zero-order valence-corrected chi connectivity index (χ0v) is 8.46. The largest absolute Gasteiger partial charge is 0.356 e. The molecule has 1 saturated heterocycles. The summed E-state index contributed by atoms with van der Waals surface area (Å²) in [6.07, 6.45) is 1.21. The molecular formula is C7H11NO5S. The van der Waals surface area contributed by atoms with E-state index in [2.05, 4.69) is 9.50 Å². The molecule has 7 heteroatoms. The van der Waals surface area contributed by atoms with Gasteiger partial charge in [-0.2, -0.15) is 8.42 Å². The summed E-state index contributed by atoms with van der Waals surface area (Å²) in [5.41, 5.74) is 0. The van der Waals surface area contributed by atoms with Crippen molar-refractivity contribution in [3.63, 3.8) is 0 Å². The Bertz CT molecular complexity index is 347. The van der Waals surface area contributed by atoms with Crippen molar-refractivity contribution in [1.82, 2.24) is 5.32 Å². The van der Waals surface area contributed by atoms with Crippen LogP contribution < -0.4 is 5.32 Å². The second-order valence-corrected chi connectivity index (χ2v) is 4.72. The predicted molar refractivity (Wildman–Crippen MR) is 46.7 cm³/mol. The summed E-state index contributed by atoms with van der Waals surface area (Å²) in [6, 6.07) is 0. The number of carbonyl (C=O) groups excluding carboxylic acids is 2. The van der Waals surface area contributed by atoms with Gasteiger partial charge in [-0.1, -0.05) is 0 Å². The first-order valence-corrected chi connectivity index (χ1v) is 5.90. The molecule has 1 aliphatic rings. The van der Waals surface area contributed by atoms with E-state index < -0.39 is 22.0 Å². The van der Waals surface area contributed by atoms with Crippen LogP contribution in [0.1, 0.15) is 12.8 Å². The third-order valence-corrected chi connectivity index (χ3v) is 2.28. The van der Waals surface area contributed by atoms with Crippen molar-refractivity contribution in [2.75, 3.05) is 12.8 Å². The quantitative estimate of drug-likeness (QED) is 0.605. The molecule has 0 saturated carbocycles. The lowest BCUT2D eigenvalue weighted by Gasteiger charge is -2.19. The second kappa shape index (κ2) is 3.95. The van der Waals surface area contributed by atoms with Crippen molar-refractivity contribution in [2.24, 2.45) is 5.92 Å². The summed E-state index contributed by atoms with van der Waals surface area (Å²) < 4.78 is 25.4. The Morgan fingerprint density at radius 3 is 2.71 bits per heavy atom. The molecule has 1 N–H and O–H groups in total. The Labute approximate surface area is 81.7 Å². The molecule has 1 rings (SSSR count). The van der Waals surface area contributed by atoms with Gasteiger partial charge in [0.1, 0.15) is 0 Å². The van der Waals surface area contributed by atoms with Crippen LogP contribution in [0.4, 0.5) is 0 Å². The third-order valence-electron chi connectivity index (χ3n) is 1.81. The van der Waals surface area contributed by atoms with Gasteiger partial charge in [-0.25, -0.2) is 0 Å². The van der Waals surface area contributed by atoms with E-state index in [4.69, 9.17) is 0 Å². The summed E-state index contributed by atoms with van der Waals surface area (Å²) in [5.74, 6) is -1.74. The molecule has 1 heterocycles. The van der Waals surface area contributed by atoms with Crippen molar-refractivity contribution in [3.05, 3.63) is 0 Å². The molecule has 0 bridgehead atoms.